The Morgan fingerprint density at radius 3 is 2.75 bits per heavy atom. The third kappa shape index (κ3) is 2.92. The van der Waals surface area contributed by atoms with Crippen molar-refractivity contribution in [2.24, 2.45) is 5.92 Å². The molecule has 0 spiro atoms. The van der Waals surface area contributed by atoms with Gasteiger partial charge in [-0.05, 0) is 17.9 Å². The lowest BCUT2D eigenvalue weighted by molar-refractivity contribution is -0.384. The lowest BCUT2D eigenvalue weighted by atomic mass is 9.81. The molecule has 1 N–H and O–H groups in total. The number of benzene rings is 1. The molecule has 2 atom stereocenters. The average molecular weight is 393 g/mol. The molecule has 0 saturated heterocycles. The van der Waals surface area contributed by atoms with Gasteiger partial charge in [0.15, 0.2) is 5.78 Å². The number of nitro benzene ring substituents is 1. The molecule has 2 aliphatic rings. The Morgan fingerprint density at radius 2 is 2.07 bits per heavy atom. The zero-order chi connectivity index (χ0) is 20.2. The van der Waals surface area contributed by atoms with Gasteiger partial charge in [-0.1, -0.05) is 19.1 Å². The number of ketones is 1. The number of non-ortho nitro benzene ring substituents is 1. The molecule has 1 aromatic carbocycles. The van der Waals surface area contributed by atoms with Gasteiger partial charge in [0.2, 0.25) is 5.95 Å². The first-order valence-corrected chi connectivity index (χ1v) is 8.46. The second-order valence-corrected chi connectivity index (χ2v) is 6.91. The highest BCUT2D eigenvalue weighted by molar-refractivity contribution is 5.99. The molecule has 2 heterocycles. The van der Waals surface area contributed by atoms with E-state index < -0.39 is 23.0 Å². The number of halogens is 3. The first kappa shape index (κ1) is 18.1. The fourth-order valence-corrected chi connectivity index (χ4v) is 3.64. The van der Waals surface area contributed by atoms with Gasteiger partial charge in [0.25, 0.3) is 11.5 Å². The molecule has 146 valence electrons. The number of allylic oxidation sites excluding steroid dienone is 2. The van der Waals surface area contributed by atoms with E-state index in [1.165, 1.54) is 24.3 Å². The summed E-state index contributed by atoms with van der Waals surface area (Å²) in [5.74, 6) is -1.70. The molecular formula is C17H14F3N5O3. The Bertz CT molecular complexity index is 1030. The van der Waals surface area contributed by atoms with Crippen molar-refractivity contribution in [1.29, 1.82) is 0 Å². The number of carbonyl (C=O) groups is 1. The standard InChI is InChI=1S/C17H14F3N5O3/c1-8-5-11-13(12(26)6-8)14(9-3-2-4-10(7-9)25(27)28)24-16(21-11)22-15(23-24)17(18,19)20/h2-4,7-8,14H,5-6H2,1H3,(H,21,22,23)/t8-,14+/m0/s1. The van der Waals surface area contributed by atoms with Crippen molar-refractivity contribution < 1.29 is 22.9 Å². The Kier molecular flexibility index (Phi) is 3.98. The minimum atomic E-state index is -4.77. The molecule has 8 nitrogen and oxygen atoms in total. The van der Waals surface area contributed by atoms with Crippen LogP contribution < -0.4 is 5.32 Å². The molecule has 28 heavy (non-hydrogen) atoms. The molecule has 11 heteroatoms. The molecule has 0 radical (unpaired) electrons. The predicted octanol–water partition coefficient (Wildman–Crippen LogP) is 3.47. The van der Waals surface area contributed by atoms with E-state index >= 15 is 0 Å². The number of alkyl halides is 3. The van der Waals surface area contributed by atoms with Crippen LogP contribution in [0.4, 0.5) is 24.8 Å². The summed E-state index contributed by atoms with van der Waals surface area (Å²) in [5, 5.41) is 17.5. The SMILES string of the molecule is C[C@@H]1CC(=O)C2=C(C1)Nc1nc(C(F)(F)F)nn1[C@@H]2c1cccc([N+](=O)[O-])c1. The summed E-state index contributed by atoms with van der Waals surface area (Å²) in [5.41, 5.74) is 0.817. The lowest BCUT2D eigenvalue weighted by Gasteiger charge is -2.34. The first-order chi connectivity index (χ1) is 13.1. The van der Waals surface area contributed by atoms with Gasteiger partial charge in [-0.2, -0.15) is 18.2 Å². The molecular weight excluding hydrogens is 379 g/mol. The molecule has 0 amide bonds. The largest absolute Gasteiger partial charge is 0.453 e. The van der Waals surface area contributed by atoms with Crippen LogP contribution in [0.25, 0.3) is 0 Å². The Hall–Kier alpha value is -3.24. The molecule has 4 rings (SSSR count). The number of nitrogens with zero attached hydrogens (tertiary/aromatic N) is 4. The number of hydrogen-bond donors (Lipinski definition) is 1. The van der Waals surface area contributed by atoms with E-state index in [2.05, 4.69) is 15.4 Å². The first-order valence-electron chi connectivity index (χ1n) is 8.46. The number of nitrogens with one attached hydrogen (secondary N) is 1. The van der Waals surface area contributed by atoms with E-state index in [9.17, 15) is 28.1 Å². The van der Waals surface area contributed by atoms with Crippen LogP contribution in [0, 0.1) is 16.0 Å². The predicted molar refractivity (Wildman–Crippen MR) is 90.3 cm³/mol. The maximum absolute atomic E-state index is 13.1. The van der Waals surface area contributed by atoms with Gasteiger partial charge in [0.05, 0.1) is 4.92 Å². The fraction of sp³-hybridized carbons (Fsp3) is 0.353. The van der Waals surface area contributed by atoms with Crippen LogP contribution in [0.15, 0.2) is 35.5 Å². The van der Waals surface area contributed by atoms with Crippen LogP contribution in [0.2, 0.25) is 0 Å². The number of nitro groups is 1. The number of carbonyl (C=O) groups excluding carboxylic acids is 1. The van der Waals surface area contributed by atoms with E-state index in [0.29, 0.717) is 17.7 Å². The van der Waals surface area contributed by atoms with Gasteiger partial charge in [0, 0.05) is 29.8 Å². The number of fused-ring (bicyclic) bond motifs is 1. The smallest absolute Gasteiger partial charge is 0.328 e. The van der Waals surface area contributed by atoms with Crippen LogP contribution in [0.1, 0.15) is 37.2 Å². The van der Waals surface area contributed by atoms with Gasteiger partial charge >= 0.3 is 6.18 Å². The molecule has 0 bridgehead atoms. The summed E-state index contributed by atoms with van der Waals surface area (Å²) < 4.78 is 40.4. The van der Waals surface area contributed by atoms with Crippen LogP contribution in [0.3, 0.4) is 0 Å². The zero-order valence-corrected chi connectivity index (χ0v) is 14.5. The molecule has 1 aliphatic heterocycles. The topological polar surface area (TPSA) is 103 Å². The highest BCUT2D eigenvalue weighted by atomic mass is 19.4. The highest BCUT2D eigenvalue weighted by Crippen LogP contribution is 2.42. The number of rotatable bonds is 2. The zero-order valence-electron chi connectivity index (χ0n) is 14.5. The van der Waals surface area contributed by atoms with Crippen molar-refractivity contribution in [1.82, 2.24) is 14.8 Å². The second kappa shape index (κ2) is 6.14. The number of anilines is 1. The molecule has 1 aliphatic carbocycles. The maximum Gasteiger partial charge on any atom is 0.453 e. The van der Waals surface area contributed by atoms with Crippen molar-refractivity contribution in [2.45, 2.75) is 32.0 Å². The minimum absolute atomic E-state index is 0.0149. The summed E-state index contributed by atoms with van der Waals surface area (Å²) in [7, 11) is 0. The number of aromatic nitrogens is 3. The van der Waals surface area contributed by atoms with Crippen LogP contribution in [0.5, 0.6) is 0 Å². The van der Waals surface area contributed by atoms with Gasteiger partial charge in [-0.25, -0.2) is 4.68 Å². The van der Waals surface area contributed by atoms with Crippen molar-refractivity contribution in [3.63, 3.8) is 0 Å². The summed E-state index contributed by atoms with van der Waals surface area (Å²) >= 11 is 0. The number of Topliss-reactive ketones (excluding diaryl/α,β-unsaturated/α-hetero) is 1. The van der Waals surface area contributed by atoms with E-state index in [1.54, 1.807) is 0 Å². The number of hydrogen-bond acceptors (Lipinski definition) is 6. The third-order valence-electron chi connectivity index (χ3n) is 4.77. The lowest BCUT2D eigenvalue weighted by Crippen LogP contribution is -2.33. The monoisotopic (exact) mass is 393 g/mol. The van der Waals surface area contributed by atoms with Crippen molar-refractivity contribution >= 4 is 17.4 Å². The highest BCUT2D eigenvalue weighted by Gasteiger charge is 2.43. The average Bonchev–Trinajstić information content (AvgIpc) is 3.03. The fourth-order valence-electron chi connectivity index (χ4n) is 3.64. The van der Waals surface area contributed by atoms with Crippen LogP contribution in [-0.4, -0.2) is 25.5 Å². The van der Waals surface area contributed by atoms with E-state index in [4.69, 9.17) is 0 Å². The third-order valence-corrected chi connectivity index (χ3v) is 4.77. The normalized spacial score (nSPS) is 21.8. The molecule has 2 aromatic rings. The van der Waals surface area contributed by atoms with Gasteiger partial charge in [-0.3, -0.25) is 14.9 Å². The Labute approximate surface area is 156 Å². The Morgan fingerprint density at radius 1 is 1.32 bits per heavy atom. The van der Waals surface area contributed by atoms with Gasteiger partial charge in [0.1, 0.15) is 6.04 Å². The molecule has 0 fully saturated rings. The van der Waals surface area contributed by atoms with E-state index in [0.717, 1.165) is 4.68 Å². The van der Waals surface area contributed by atoms with Crippen LogP contribution >= 0.6 is 0 Å². The Balaban J connectivity index is 1.92. The summed E-state index contributed by atoms with van der Waals surface area (Å²) in [6.45, 7) is 1.87. The van der Waals surface area contributed by atoms with Crippen molar-refractivity contribution in [3.05, 3.63) is 57.0 Å². The molecule has 1 aromatic heterocycles. The molecule has 0 unspecified atom stereocenters. The van der Waals surface area contributed by atoms with Gasteiger partial charge in [-0.15, -0.1) is 5.10 Å². The van der Waals surface area contributed by atoms with Crippen LogP contribution in [-0.2, 0) is 11.0 Å². The summed E-state index contributed by atoms with van der Waals surface area (Å²) in [4.78, 5) is 26.8. The van der Waals surface area contributed by atoms with Crippen molar-refractivity contribution in [2.75, 3.05) is 5.32 Å². The molecule has 0 saturated carbocycles. The second-order valence-electron chi connectivity index (χ2n) is 6.91. The summed E-state index contributed by atoms with van der Waals surface area (Å²) in [6, 6.07) is 4.44. The van der Waals surface area contributed by atoms with E-state index in [1.807, 2.05) is 6.92 Å². The summed E-state index contributed by atoms with van der Waals surface area (Å²) in [6.07, 6.45) is -4.07. The van der Waals surface area contributed by atoms with Crippen molar-refractivity contribution in [3.8, 4) is 0 Å². The van der Waals surface area contributed by atoms with E-state index in [-0.39, 0.29) is 35.3 Å². The van der Waals surface area contributed by atoms with Gasteiger partial charge < -0.3 is 5.32 Å². The minimum Gasteiger partial charge on any atom is -0.328 e. The maximum atomic E-state index is 13.1. The quantitative estimate of drug-likeness (QED) is 0.619.